The van der Waals surface area contributed by atoms with Gasteiger partial charge in [0.2, 0.25) is 0 Å². The molecule has 1 aliphatic rings. The highest BCUT2D eigenvalue weighted by Gasteiger charge is 2.22. The molecule has 0 radical (unpaired) electrons. The van der Waals surface area contributed by atoms with E-state index in [1.54, 1.807) is 6.07 Å². The molecule has 0 fully saturated rings. The van der Waals surface area contributed by atoms with Crippen LogP contribution in [0, 0.1) is 5.82 Å². The van der Waals surface area contributed by atoms with Crippen LogP contribution in [0.2, 0.25) is 0 Å². The highest BCUT2D eigenvalue weighted by molar-refractivity contribution is 9.08. The molecule has 1 aliphatic heterocycles. The second kappa shape index (κ2) is 5.83. The molecule has 104 valence electrons. The molecule has 0 N–H and O–H groups in total. The van der Waals surface area contributed by atoms with Crippen LogP contribution in [0.3, 0.4) is 0 Å². The molecule has 0 spiro atoms. The predicted octanol–water partition coefficient (Wildman–Crippen LogP) is 4.64. The SMILES string of the molecule is Fc1cccc(CBr)c1N1CCCOc2ccccc21. The summed E-state index contributed by atoms with van der Waals surface area (Å²) in [6.07, 6.45) is 0.866. The molecule has 2 aromatic carbocycles. The quantitative estimate of drug-likeness (QED) is 0.741. The van der Waals surface area contributed by atoms with E-state index in [1.165, 1.54) is 6.07 Å². The highest BCUT2D eigenvalue weighted by Crippen LogP contribution is 2.39. The summed E-state index contributed by atoms with van der Waals surface area (Å²) in [5, 5.41) is 0.625. The topological polar surface area (TPSA) is 12.5 Å². The minimum Gasteiger partial charge on any atom is -0.491 e. The van der Waals surface area contributed by atoms with Crippen molar-refractivity contribution >= 4 is 27.3 Å². The lowest BCUT2D eigenvalue weighted by atomic mass is 10.1. The minimum atomic E-state index is -0.196. The molecule has 2 nitrogen and oxygen atoms in total. The Kier molecular flexibility index (Phi) is 3.92. The molecule has 2 aromatic rings. The van der Waals surface area contributed by atoms with Crippen molar-refractivity contribution in [1.29, 1.82) is 0 Å². The molecule has 1 heterocycles. The van der Waals surface area contributed by atoms with Crippen molar-refractivity contribution in [1.82, 2.24) is 0 Å². The fraction of sp³-hybridized carbons (Fsp3) is 0.250. The zero-order valence-corrected chi connectivity index (χ0v) is 12.6. The van der Waals surface area contributed by atoms with Gasteiger partial charge in [0, 0.05) is 11.9 Å². The van der Waals surface area contributed by atoms with Gasteiger partial charge in [-0.1, -0.05) is 40.2 Å². The Morgan fingerprint density at radius 2 is 2.00 bits per heavy atom. The Bertz CT molecular complexity index is 617. The summed E-state index contributed by atoms with van der Waals surface area (Å²) < 4.78 is 20.1. The van der Waals surface area contributed by atoms with Crippen LogP contribution in [-0.4, -0.2) is 13.2 Å². The average Bonchev–Trinajstić information content (AvgIpc) is 2.69. The Labute approximate surface area is 126 Å². The molecule has 0 aliphatic carbocycles. The molecule has 0 bridgehead atoms. The standard InChI is InChI=1S/C16H15BrFNO/c17-11-12-5-3-6-13(18)16(12)19-9-4-10-20-15-8-2-1-7-14(15)19/h1-3,5-8H,4,9-11H2. The van der Waals surface area contributed by atoms with E-state index >= 15 is 0 Å². The second-order valence-corrected chi connectivity index (χ2v) is 5.26. The van der Waals surface area contributed by atoms with Crippen LogP contribution in [0.5, 0.6) is 5.75 Å². The van der Waals surface area contributed by atoms with Crippen molar-refractivity contribution in [2.75, 3.05) is 18.1 Å². The van der Waals surface area contributed by atoms with Gasteiger partial charge in [-0.2, -0.15) is 0 Å². The van der Waals surface area contributed by atoms with Crippen LogP contribution < -0.4 is 9.64 Å². The van der Waals surface area contributed by atoms with Gasteiger partial charge in [-0.15, -0.1) is 0 Å². The van der Waals surface area contributed by atoms with Gasteiger partial charge in [0.1, 0.15) is 11.6 Å². The lowest BCUT2D eigenvalue weighted by Crippen LogP contribution is -2.20. The number of anilines is 2. The second-order valence-electron chi connectivity index (χ2n) is 4.70. The summed E-state index contributed by atoms with van der Waals surface area (Å²) in [6, 6.07) is 13.0. The van der Waals surface area contributed by atoms with Crippen molar-refractivity contribution in [2.45, 2.75) is 11.8 Å². The first-order valence-electron chi connectivity index (χ1n) is 6.64. The minimum absolute atomic E-state index is 0.196. The molecule has 0 unspecified atom stereocenters. The van der Waals surface area contributed by atoms with Gasteiger partial charge in [0.15, 0.2) is 0 Å². The van der Waals surface area contributed by atoms with Crippen molar-refractivity contribution in [3.8, 4) is 5.75 Å². The van der Waals surface area contributed by atoms with E-state index in [-0.39, 0.29) is 5.82 Å². The first kappa shape index (κ1) is 13.4. The van der Waals surface area contributed by atoms with E-state index in [0.29, 0.717) is 17.6 Å². The zero-order valence-electron chi connectivity index (χ0n) is 11.0. The molecule has 0 aromatic heterocycles. The molecular weight excluding hydrogens is 321 g/mol. The maximum absolute atomic E-state index is 14.3. The number of halogens is 2. The van der Waals surface area contributed by atoms with Crippen molar-refractivity contribution < 1.29 is 9.13 Å². The van der Waals surface area contributed by atoms with Gasteiger partial charge in [0.25, 0.3) is 0 Å². The molecule has 0 saturated carbocycles. The highest BCUT2D eigenvalue weighted by atomic mass is 79.9. The van der Waals surface area contributed by atoms with E-state index in [2.05, 4.69) is 15.9 Å². The van der Waals surface area contributed by atoms with Crippen LogP contribution in [0.4, 0.5) is 15.8 Å². The number of para-hydroxylation sites is 3. The van der Waals surface area contributed by atoms with Gasteiger partial charge in [-0.3, -0.25) is 0 Å². The number of hydrogen-bond donors (Lipinski definition) is 0. The average molecular weight is 336 g/mol. The maximum atomic E-state index is 14.3. The zero-order chi connectivity index (χ0) is 13.9. The summed E-state index contributed by atoms with van der Waals surface area (Å²) in [4.78, 5) is 2.02. The summed E-state index contributed by atoms with van der Waals surface area (Å²) >= 11 is 3.44. The third-order valence-corrected chi connectivity index (χ3v) is 4.03. The Hall–Kier alpha value is -1.55. The lowest BCUT2D eigenvalue weighted by Gasteiger charge is -2.26. The van der Waals surface area contributed by atoms with Crippen LogP contribution in [0.25, 0.3) is 0 Å². The molecule has 20 heavy (non-hydrogen) atoms. The Morgan fingerprint density at radius 3 is 2.85 bits per heavy atom. The third kappa shape index (κ3) is 2.40. The van der Waals surface area contributed by atoms with Gasteiger partial charge in [-0.05, 0) is 30.2 Å². The smallest absolute Gasteiger partial charge is 0.147 e. The maximum Gasteiger partial charge on any atom is 0.147 e. The van der Waals surface area contributed by atoms with Gasteiger partial charge >= 0.3 is 0 Å². The lowest BCUT2D eigenvalue weighted by molar-refractivity contribution is 0.322. The van der Waals surface area contributed by atoms with Crippen LogP contribution in [-0.2, 0) is 5.33 Å². The molecular formula is C16H15BrFNO. The largest absolute Gasteiger partial charge is 0.491 e. The first-order chi connectivity index (χ1) is 9.81. The Morgan fingerprint density at radius 1 is 1.15 bits per heavy atom. The van der Waals surface area contributed by atoms with Crippen molar-refractivity contribution in [2.24, 2.45) is 0 Å². The van der Waals surface area contributed by atoms with E-state index in [1.807, 2.05) is 35.2 Å². The monoisotopic (exact) mass is 335 g/mol. The van der Waals surface area contributed by atoms with E-state index in [4.69, 9.17) is 4.74 Å². The normalized spacial score (nSPS) is 14.4. The summed E-state index contributed by atoms with van der Waals surface area (Å²) in [6.45, 7) is 1.41. The first-order valence-corrected chi connectivity index (χ1v) is 7.76. The van der Waals surface area contributed by atoms with E-state index in [9.17, 15) is 4.39 Å². The van der Waals surface area contributed by atoms with E-state index < -0.39 is 0 Å². The molecule has 0 atom stereocenters. The van der Waals surface area contributed by atoms with E-state index in [0.717, 1.165) is 30.0 Å². The summed E-state index contributed by atoms with van der Waals surface area (Å²) in [7, 11) is 0. The fourth-order valence-corrected chi connectivity index (χ4v) is 2.98. The van der Waals surface area contributed by atoms with Crippen LogP contribution in [0.15, 0.2) is 42.5 Å². The van der Waals surface area contributed by atoms with Crippen LogP contribution in [0.1, 0.15) is 12.0 Å². The fourth-order valence-electron chi connectivity index (χ4n) is 2.53. The third-order valence-electron chi connectivity index (χ3n) is 3.42. The van der Waals surface area contributed by atoms with Crippen molar-refractivity contribution in [3.63, 3.8) is 0 Å². The molecule has 3 rings (SSSR count). The number of nitrogens with zero attached hydrogens (tertiary/aromatic N) is 1. The van der Waals surface area contributed by atoms with Crippen molar-refractivity contribution in [3.05, 3.63) is 53.8 Å². The summed E-state index contributed by atoms with van der Waals surface area (Å²) in [5.74, 6) is 0.618. The number of rotatable bonds is 2. The Balaban J connectivity index is 2.15. The number of alkyl halides is 1. The number of hydrogen-bond acceptors (Lipinski definition) is 2. The van der Waals surface area contributed by atoms with Gasteiger partial charge in [0.05, 0.1) is 18.0 Å². The molecule has 0 amide bonds. The van der Waals surface area contributed by atoms with Gasteiger partial charge in [-0.25, -0.2) is 4.39 Å². The van der Waals surface area contributed by atoms with Crippen LogP contribution >= 0.6 is 15.9 Å². The summed E-state index contributed by atoms with van der Waals surface area (Å²) in [5.41, 5.74) is 2.52. The number of ether oxygens (including phenoxy) is 1. The molecule has 0 saturated heterocycles. The molecule has 4 heteroatoms. The number of benzene rings is 2. The predicted molar refractivity (Wildman–Crippen MR) is 82.6 cm³/mol. The number of fused-ring (bicyclic) bond motifs is 1. The van der Waals surface area contributed by atoms with Gasteiger partial charge < -0.3 is 9.64 Å².